The fourth-order valence-electron chi connectivity index (χ4n) is 3.24. The van der Waals surface area contributed by atoms with Crippen molar-refractivity contribution in [1.29, 1.82) is 0 Å². The summed E-state index contributed by atoms with van der Waals surface area (Å²) in [7, 11) is 0.923. The van der Waals surface area contributed by atoms with Crippen LogP contribution in [0, 0.1) is 5.82 Å². The fourth-order valence-corrected chi connectivity index (χ4v) is 4.72. The predicted molar refractivity (Wildman–Crippen MR) is 102 cm³/mol. The summed E-state index contributed by atoms with van der Waals surface area (Å²) in [5.74, 6) is 0.585. The van der Waals surface area contributed by atoms with E-state index in [1.165, 1.54) is 25.3 Å². The number of nitrogens with one attached hydrogen (secondary N) is 1. The quantitative estimate of drug-likeness (QED) is 0.755. The zero-order valence-electron chi connectivity index (χ0n) is 15.9. The van der Waals surface area contributed by atoms with Gasteiger partial charge < -0.3 is 9.47 Å². The van der Waals surface area contributed by atoms with Crippen LogP contribution in [0.4, 0.5) is 4.39 Å². The van der Waals surface area contributed by atoms with Crippen molar-refractivity contribution in [2.45, 2.75) is 17.8 Å². The van der Waals surface area contributed by atoms with Crippen LogP contribution in [0.1, 0.15) is 17.2 Å². The summed E-state index contributed by atoms with van der Waals surface area (Å²) in [6.07, 6.45) is 0. The smallest absolute Gasteiger partial charge is 0.219 e. The average molecular weight is 410 g/mol. The summed E-state index contributed by atoms with van der Waals surface area (Å²) >= 11 is 0. The maximum absolute atomic E-state index is 13.8. The third-order valence-corrected chi connectivity index (χ3v) is 6.49. The van der Waals surface area contributed by atoms with Gasteiger partial charge in [-0.15, -0.1) is 0 Å². The molecule has 1 heterocycles. The van der Waals surface area contributed by atoms with Crippen LogP contribution < -0.4 is 14.2 Å². The molecule has 0 aromatic heterocycles. The number of nitrogens with zero attached hydrogens (tertiary/aromatic N) is 1. The Kier molecular flexibility index (Phi) is 6.19. The van der Waals surface area contributed by atoms with Gasteiger partial charge in [-0.2, -0.15) is 5.06 Å². The minimum Gasteiger partial charge on any atom is -0.493 e. The van der Waals surface area contributed by atoms with E-state index in [0.29, 0.717) is 17.1 Å². The molecule has 0 amide bonds. The molecule has 1 aliphatic heterocycles. The van der Waals surface area contributed by atoms with Crippen LogP contribution in [0.2, 0.25) is 0 Å². The van der Waals surface area contributed by atoms with E-state index in [-0.39, 0.29) is 18.7 Å². The number of benzene rings is 2. The number of halogens is 1. The molecule has 2 atom stereocenters. The molecule has 1 fully saturated rings. The van der Waals surface area contributed by atoms with Gasteiger partial charge in [0, 0.05) is 19.2 Å². The molecule has 9 heteroatoms. The summed E-state index contributed by atoms with van der Waals surface area (Å²) in [5.41, 5.74) is 0.986. The first-order chi connectivity index (χ1) is 13.4. The standard InChI is InChI=1S/C19H23FN2O5S/c1-22-19(13-8-9-16(25-2)17(10-13)26-3)18(12-27-22)28(23,24)21-11-14-6-4-5-7-15(14)20/h4-10,18-19,21H,11-12H2,1-3H3/t18-,19-/m1/s1. The average Bonchev–Trinajstić information content (AvgIpc) is 3.09. The highest BCUT2D eigenvalue weighted by atomic mass is 32.2. The summed E-state index contributed by atoms with van der Waals surface area (Å²) in [4.78, 5) is 5.49. The zero-order valence-corrected chi connectivity index (χ0v) is 16.7. The lowest BCUT2D eigenvalue weighted by molar-refractivity contribution is -0.110. The molecule has 0 saturated carbocycles. The largest absolute Gasteiger partial charge is 0.493 e. The Hall–Kier alpha value is -2.20. The Morgan fingerprint density at radius 1 is 1.18 bits per heavy atom. The second-order valence-electron chi connectivity index (χ2n) is 6.40. The van der Waals surface area contributed by atoms with Crippen LogP contribution in [0.15, 0.2) is 42.5 Å². The molecule has 0 spiro atoms. The van der Waals surface area contributed by atoms with Crippen molar-refractivity contribution in [2.24, 2.45) is 0 Å². The van der Waals surface area contributed by atoms with E-state index in [9.17, 15) is 12.8 Å². The maximum Gasteiger partial charge on any atom is 0.219 e. The van der Waals surface area contributed by atoms with Gasteiger partial charge in [-0.05, 0) is 23.8 Å². The second-order valence-corrected chi connectivity index (χ2v) is 8.38. The molecule has 1 N–H and O–H groups in total. The Morgan fingerprint density at radius 2 is 1.89 bits per heavy atom. The van der Waals surface area contributed by atoms with E-state index in [1.54, 1.807) is 43.4 Å². The molecule has 2 aromatic rings. The van der Waals surface area contributed by atoms with E-state index in [2.05, 4.69) is 4.72 Å². The van der Waals surface area contributed by atoms with Gasteiger partial charge >= 0.3 is 0 Å². The Bertz CT molecular complexity index is 938. The minimum absolute atomic E-state index is 0.0118. The predicted octanol–water partition coefficient (Wildman–Crippen LogP) is 2.25. The van der Waals surface area contributed by atoms with Gasteiger partial charge in [0.25, 0.3) is 0 Å². The molecule has 0 aliphatic carbocycles. The van der Waals surface area contributed by atoms with Crippen molar-refractivity contribution in [3.05, 3.63) is 59.4 Å². The molecule has 2 aromatic carbocycles. The molecule has 1 aliphatic rings. The highest BCUT2D eigenvalue weighted by Crippen LogP contribution is 2.37. The third-order valence-electron chi connectivity index (χ3n) is 4.76. The van der Waals surface area contributed by atoms with Gasteiger partial charge in [-0.1, -0.05) is 24.3 Å². The first-order valence-corrected chi connectivity index (χ1v) is 10.2. The molecule has 28 heavy (non-hydrogen) atoms. The lowest BCUT2D eigenvalue weighted by Gasteiger charge is -2.24. The normalized spacial score (nSPS) is 20.3. The number of ether oxygens (including phenoxy) is 2. The third kappa shape index (κ3) is 4.12. The van der Waals surface area contributed by atoms with Crippen molar-refractivity contribution in [3.63, 3.8) is 0 Å². The number of hydroxylamine groups is 2. The second kappa shape index (κ2) is 8.44. The van der Waals surface area contributed by atoms with E-state index >= 15 is 0 Å². The van der Waals surface area contributed by atoms with Crippen LogP contribution >= 0.6 is 0 Å². The van der Waals surface area contributed by atoms with Crippen LogP contribution in [0.3, 0.4) is 0 Å². The van der Waals surface area contributed by atoms with E-state index in [4.69, 9.17) is 14.3 Å². The van der Waals surface area contributed by atoms with Crippen molar-refractivity contribution in [3.8, 4) is 11.5 Å². The lowest BCUT2D eigenvalue weighted by Crippen LogP contribution is -2.39. The highest BCUT2D eigenvalue weighted by molar-refractivity contribution is 7.90. The summed E-state index contributed by atoms with van der Waals surface area (Å²) in [6, 6.07) is 10.7. The maximum atomic E-state index is 13.8. The number of rotatable bonds is 7. The van der Waals surface area contributed by atoms with Gasteiger partial charge in [0.05, 0.1) is 26.9 Å². The van der Waals surface area contributed by atoms with Gasteiger partial charge in [-0.3, -0.25) is 4.84 Å². The Balaban J connectivity index is 1.85. The van der Waals surface area contributed by atoms with Gasteiger partial charge in [-0.25, -0.2) is 17.5 Å². The first kappa shape index (κ1) is 20.5. The molecular formula is C19H23FN2O5S. The molecule has 152 valence electrons. The van der Waals surface area contributed by atoms with Crippen molar-refractivity contribution < 1.29 is 27.1 Å². The van der Waals surface area contributed by atoms with Crippen LogP contribution in [-0.2, 0) is 21.4 Å². The van der Waals surface area contributed by atoms with Crippen molar-refractivity contribution in [1.82, 2.24) is 9.79 Å². The Labute approximate surface area is 164 Å². The number of sulfonamides is 1. The Morgan fingerprint density at radius 3 is 2.57 bits per heavy atom. The molecule has 0 unspecified atom stereocenters. The molecule has 3 rings (SSSR count). The van der Waals surface area contributed by atoms with Gasteiger partial charge in [0.1, 0.15) is 11.1 Å². The SMILES string of the molecule is COc1ccc([C@@H]2[C@H](S(=O)(=O)NCc3ccccc3F)CON2C)cc1OC. The molecule has 0 radical (unpaired) electrons. The lowest BCUT2D eigenvalue weighted by atomic mass is 10.0. The number of hydrogen-bond donors (Lipinski definition) is 1. The highest BCUT2D eigenvalue weighted by Gasteiger charge is 2.43. The first-order valence-electron chi connectivity index (χ1n) is 8.67. The summed E-state index contributed by atoms with van der Waals surface area (Å²) < 4.78 is 52.7. The van der Waals surface area contributed by atoms with Crippen LogP contribution in [-0.4, -0.2) is 46.6 Å². The van der Waals surface area contributed by atoms with Gasteiger partial charge in [0.15, 0.2) is 11.5 Å². The van der Waals surface area contributed by atoms with E-state index < -0.39 is 27.1 Å². The molecule has 7 nitrogen and oxygen atoms in total. The van der Waals surface area contributed by atoms with E-state index in [1.807, 2.05) is 0 Å². The minimum atomic E-state index is -3.80. The van der Waals surface area contributed by atoms with Crippen LogP contribution in [0.5, 0.6) is 11.5 Å². The molecular weight excluding hydrogens is 387 g/mol. The summed E-state index contributed by atoms with van der Waals surface area (Å²) in [5, 5.41) is 0.635. The van der Waals surface area contributed by atoms with E-state index in [0.717, 1.165) is 0 Å². The monoisotopic (exact) mass is 410 g/mol. The number of hydrogen-bond acceptors (Lipinski definition) is 6. The van der Waals surface area contributed by atoms with Crippen molar-refractivity contribution >= 4 is 10.0 Å². The van der Waals surface area contributed by atoms with Crippen molar-refractivity contribution in [2.75, 3.05) is 27.9 Å². The number of methoxy groups -OCH3 is 2. The van der Waals surface area contributed by atoms with Gasteiger partial charge in [0.2, 0.25) is 10.0 Å². The molecule has 1 saturated heterocycles. The molecule has 0 bridgehead atoms. The fraction of sp³-hybridized carbons (Fsp3) is 0.368. The van der Waals surface area contributed by atoms with Crippen LogP contribution in [0.25, 0.3) is 0 Å². The topological polar surface area (TPSA) is 77.1 Å². The zero-order chi connectivity index (χ0) is 20.3. The summed E-state index contributed by atoms with van der Waals surface area (Å²) in [6.45, 7) is -0.143.